The van der Waals surface area contributed by atoms with Crippen molar-refractivity contribution < 1.29 is 4.74 Å². The maximum Gasteiger partial charge on any atom is 0.0739 e. The molecule has 1 aromatic rings. The van der Waals surface area contributed by atoms with Gasteiger partial charge in [-0.2, -0.15) is 10.4 Å². The summed E-state index contributed by atoms with van der Waals surface area (Å²) in [5.41, 5.74) is 2.11. The third kappa shape index (κ3) is 4.09. The van der Waals surface area contributed by atoms with Crippen molar-refractivity contribution in [3.05, 3.63) is 15.9 Å². The standard InChI is InChI=1S/C12H19BrN4O/c1-10-12(13)11(16(2)15-10)9-17(6-4-5-14)7-8-18-3/h4,6-9H2,1-3H3. The van der Waals surface area contributed by atoms with Crippen LogP contribution in [0, 0.1) is 18.3 Å². The largest absolute Gasteiger partial charge is 0.383 e. The number of nitriles is 1. The minimum atomic E-state index is 0.526. The highest BCUT2D eigenvalue weighted by molar-refractivity contribution is 9.10. The van der Waals surface area contributed by atoms with E-state index in [1.54, 1.807) is 7.11 Å². The molecule has 0 saturated heterocycles. The Kier molecular flexibility index (Phi) is 6.33. The average Bonchev–Trinajstić information content (AvgIpc) is 2.58. The lowest BCUT2D eigenvalue weighted by atomic mass is 10.3. The van der Waals surface area contributed by atoms with Crippen LogP contribution >= 0.6 is 15.9 Å². The zero-order chi connectivity index (χ0) is 13.5. The van der Waals surface area contributed by atoms with E-state index in [1.165, 1.54) is 0 Å². The van der Waals surface area contributed by atoms with E-state index in [-0.39, 0.29) is 0 Å². The second-order valence-corrected chi connectivity index (χ2v) is 4.94. The normalized spacial score (nSPS) is 10.9. The summed E-state index contributed by atoms with van der Waals surface area (Å²) in [6.07, 6.45) is 0.526. The van der Waals surface area contributed by atoms with E-state index in [9.17, 15) is 0 Å². The van der Waals surface area contributed by atoms with Gasteiger partial charge in [-0.1, -0.05) is 0 Å². The summed E-state index contributed by atoms with van der Waals surface area (Å²) < 4.78 is 8.02. The van der Waals surface area contributed by atoms with Gasteiger partial charge in [-0.3, -0.25) is 9.58 Å². The molecule has 0 bridgehead atoms. The lowest BCUT2D eigenvalue weighted by Crippen LogP contribution is -2.29. The Labute approximate surface area is 116 Å². The second kappa shape index (κ2) is 7.52. The quantitative estimate of drug-likeness (QED) is 0.770. The molecule has 0 fully saturated rings. The van der Waals surface area contributed by atoms with Crippen LogP contribution in [-0.2, 0) is 18.3 Å². The predicted molar refractivity (Wildman–Crippen MR) is 73.0 cm³/mol. The minimum absolute atomic E-state index is 0.526. The highest BCUT2D eigenvalue weighted by Crippen LogP contribution is 2.21. The fourth-order valence-electron chi connectivity index (χ4n) is 1.76. The van der Waals surface area contributed by atoms with E-state index in [2.05, 4.69) is 32.0 Å². The lowest BCUT2D eigenvalue weighted by molar-refractivity contribution is 0.143. The fraction of sp³-hybridized carbons (Fsp3) is 0.667. The summed E-state index contributed by atoms with van der Waals surface area (Å²) in [6.45, 7) is 4.97. The summed E-state index contributed by atoms with van der Waals surface area (Å²) in [6, 6.07) is 2.18. The summed E-state index contributed by atoms with van der Waals surface area (Å²) >= 11 is 3.56. The zero-order valence-corrected chi connectivity index (χ0v) is 12.7. The molecule has 1 rings (SSSR count). The van der Waals surface area contributed by atoms with Gasteiger partial charge >= 0.3 is 0 Å². The molecule has 0 amide bonds. The van der Waals surface area contributed by atoms with Gasteiger partial charge in [0, 0.05) is 40.2 Å². The first-order valence-electron chi connectivity index (χ1n) is 5.86. The van der Waals surface area contributed by atoms with Gasteiger partial charge in [-0.15, -0.1) is 0 Å². The maximum absolute atomic E-state index is 8.69. The van der Waals surface area contributed by atoms with E-state index in [1.807, 2.05) is 18.7 Å². The number of rotatable bonds is 7. The third-order valence-corrected chi connectivity index (χ3v) is 3.82. The topological polar surface area (TPSA) is 54.1 Å². The van der Waals surface area contributed by atoms with Gasteiger partial charge in [-0.05, 0) is 22.9 Å². The highest BCUT2D eigenvalue weighted by Gasteiger charge is 2.14. The molecule has 1 heterocycles. The van der Waals surface area contributed by atoms with Crippen molar-refractivity contribution in [2.24, 2.45) is 7.05 Å². The number of aromatic nitrogens is 2. The van der Waals surface area contributed by atoms with E-state index < -0.39 is 0 Å². The number of ether oxygens (including phenoxy) is 1. The number of halogens is 1. The minimum Gasteiger partial charge on any atom is -0.383 e. The van der Waals surface area contributed by atoms with Gasteiger partial charge in [0.2, 0.25) is 0 Å². The Morgan fingerprint density at radius 3 is 2.72 bits per heavy atom. The van der Waals surface area contributed by atoms with Gasteiger partial charge in [0.25, 0.3) is 0 Å². The molecule has 0 N–H and O–H groups in total. The van der Waals surface area contributed by atoms with Crippen LogP contribution in [0.1, 0.15) is 17.8 Å². The van der Waals surface area contributed by atoms with Crippen molar-refractivity contribution >= 4 is 15.9 Å². The van der Waals surface area contributed by atoms with Crippen molar-refractivity contribution in [3.63, 3.8) is 0 Å². The number of methoxy groups -OCH3 is 1. The molecule has 100 valence electrons. The Bertz CT molecular complexity index is 424. The first kappa shape index (κ1) is 15.2. The smallest absolute Gasteiger partial charge is 0.0739 e. The van der Waals surface area contributed by atoms with Crippen molar-refractivity contribution in [2.75, 3.05) is 26.8 Å². The molecule has 0 aliphatic rings. The molecule has 0 unspecified atom stereocenters. The highest BCUT2D eigenvalue weighted by atomic mass is 79.9. The molecular weight excluding hydrogens is 296 g/mol. The molecule has 0 aliphatic carbocycles. The number of hydrogen-bond acceptors (Lipinski definition) is 4. The van der Waals surface area contributed by atoms with Crippen LogP contribution < -0.4 is 0 Å². The van der Waals surface area contributed by atoms with Crippen LogP contribution in [0.25, 0.3) is 0 Å². The molecule has 0 aliphatic heterocycles. The Morgan fingerprint density at radius 2 is 2.22 bits per heavy atom. The maximum atomic E-state index is 8.69. The Balaban J connectivity index is 2.72. The molecule has 0 atom stereocenters. The first-order valence-corrected chi connectivity index (χ1v) is 6.65. The predicted octanol–water partition coefficient (Wildman–Crippen LogP) is 1.85. The average molecular weight is 315 g/mol. The fourth-order valence-corrected chi connectivity index (χ4v) is 2.22. The summed E-state index contributed by atoms with van der Waals surface area (Å²) in [5, 5.41) is 13.1. The van der Waals surface area contributed by atoms with Crippen molar-refractivity contribution in [3.8, 4) is 6.07 Å². The molecule has 18 heavy (non-hydrogen) atoms. The molecule has 0 saturated carbocycles. The van der Waals surface area contributed by atoms with Gasteiger partial charge < -0.3 is 4.74 Å². The van der Waals surface area contributed by atoms with Crippen LogP contribution in [-0.4, -0.2) is 41.5 Å². The molecule has 1 aromatic heterocycles. The van der Waals surface area contributed by atoms with Crippen LogP contribution in [0.4, 0.5) is 0 Å². The Morgan fingerprint density at radius 1 is 1.50 bits per heavy atom. The molecule has 5 nitrogen and oxygen atoms in total. The van der Waals surface area contributed by atoms with Gasteiger partial charge in [0.1, 0.15) is 0 Å². The van der Waals surface area contributed by atoms with Crippen LogP contribution in [0.2, 0.25) is 0 Å². The van der Waals surface area contributed by atoms with E-state index >= 15 is 0 Å². The van der Waals surface area contributed by atoms with Crippen LogP contribution in [0.5, 0.6) is 0 Å². The first-order chi connectivity index (χ1) is 8.60. The molecular formula is C12H19BrN4O. The molecule has 6 heteroatoms. The van der Waals surface area contributed by atoms with Crippen LogP contribution in [0.15, 0.2) is 4.47 Å². The summed E-state index contributed by atoms with van der Waals surface area (Å²) in [4.78, 5) is 2.20. The summed E-state index contributed by atoms with van der Waals surface area (Å²) in [5.74, 6) is 0. The number of nitrogens with zero attached hydrogens (tertiary/aromatic N) is 4. The van der Waals surface area contributed by atoms with Gasteiger partial charge in [0.15, 0.2) is 0 Å². The van der Waals surface area contributed by atoms with E-state index in [4.69, 9.17) is 10.00 Å². The van der Waals surface area contributed by atoms with Gasteiger partial charge in [-0.25, -0.2) is 0 Å². The molecule has 0 spiro atoms. The summed E-state index contributed by atoms with van der Waals surface area (Å²) in [7, 11) is 3.62. The van der Waals surface area contributed by atoms with Crippen molar-refractivity contribution in [2.45, 2.75) is 19.9 Å². The van der Waals surface area contributed by atoms with E-state index in [0.717, 1.165) is 35.5 Å². The number of aryl methyl sites for hydroxylation is 2. The number of hydrogen-bond donors (Lipinski definition) is 0. The van der Waals surface area contributed by atoms with Crippen molar-refractivity contribution in [1.82, 2.24) is 14.7 Å². The monoisotopic (exact) mass is 314 g/mol. The second-order valence-electron chi connectivity index (χ2n) is 4.15. The third-order valence-electron chi connectivity index (χ3n) is 2.79. The SMILES string of the molecule is COCCN(CCC#N)Cc1c(Br)c(C)nn1C. The molecule has 0 radical (unpaired) electrons. The van der Waals surface area contributed by atoms with Crippen LogP contribution in [0.3, 0.4) is 0 Å². The Hall–Kier alpha value is -0.900. The lowest BCUT2D eigenvalue weighted by Gasteiger charge is -2.20. The van der Waals surface area contributed by atoms with E-state index in [0.29, 0.717) is 13.0 Å². The van der Waals surface area contributed by atoms with Gasteiger partial charge in [0.05, 0.1) is 28.5 Å². The molecule has 0 aromatic carbocycles. The van der Waals surface area contributed by atoms with Crippen molar-refractivity contribution in [1.29, 1.82) is 5.26 Å². The zero-order valence-electron chi connectivity index (χ0n) is 11.1.